The van der Waals surface area contributed by atoms with Gasteiger partial charge in [-0.05, 0) is 56.9 Å². The summed E-state index contributed by atoms with van der Waals surface area (Å²) in [6.45, 7) is 7.52. The number of ether oxygens (including phenoxy) is 2. The number of carbonyl (C=O) groups excluding carboxylic acids is 5. The maximum absolute atomic E-state index is 13.9. The highest BCUT2D eigenvalue weighted by Crippen LogP contribution is 2.14. The van der Waals surface area contributed by atoms with Crippen molar-refractivity contribution in [2.75, 3.05) is 32.2 Å². The summed E-state index contributed by atoms with van der Waals surface area (Å²) in [4.78, 5) is 67.9. The third-order valence-electron chi connectivity index (χ3n) is 7.90. The van der Waals surface area contributed by atoms with Crippen molar-refractivity contribution in [1.82, 2.24) is 20.9 Å². The van der Waals surface area contributed by atoms with Gasteiger partial charge in [0.05, 0.1) is 13.0 Å². The number of hydrogen-bond donors (Lipinski definition) is 4. The Bertz CT molecular complexity index is 1470. The molecule has 0 heterocycles. The standard InChI is InChI=1S/C38H56N4O9S/c1-7-8-9-13-23-50-33(44)20-22-42(5)36(47)32(26-27-14-11-10-12-15-27)40-34(45)30(21-24-52(6)49)39-35(46)31(41-37(48)51-38(2,3)4)25-28-16-18-29(43)19-17-28/h10-12,14-19,30-32,43H,7-9,13,20-26H2,1-6H3,(H,39,46)(H,40,45)(H,41,48)/t30-,31+,32+,52?/m1/s1. The molecule has 0 aliphatic carbocycles. The van der Waals surface area contributed by atoms with Crippen molar-refractivity contribution in [3.05, 3.63) is 65.7 Å². The van der Waals surface area contributed by atoms with Crippen molar-refractivity contribution in [3.8, 4) is 5.75 Å². The summed E-state index contributed by atoms with van der Waals surface area (Å²) in [6, 6.07) is 11.7. The predicted molar refractivity (Wildman–Crippen MR) is 200 cm³/mol. The van der Waals surface area contributed by atoms with Crippen LogP contribution in [0.2, 0.25) is 0 Å². The van der Waals surface area contributed by atoms with E-state index in [9.17, 15) is 33.3 Å². The first kappa shape index (κ1) is 43.7. The van der Waals surface area contributed by atoms with E-state index in [1.807, 2.05) is 30.3 Å². The quantitative estimate of drug-likeness (QED) is 0.109. The number of aromatic hydroxyl groups is 1. The lowest BCUT2D eigenvalue weighted by Gasteiger charge is -2.28. The van der Waals surface area contributed by atoms with Crippen LogP contribution in [0.1, 0.15) is 77.3 Å². The number of hydrogen-bond acceptors (Lipinski definition) is 9. The first-order valence-electron chi connectivity index (χ1n) is 17.7. The molecule has 0 bridgehead atoms. The zero-order valence-corrected chi connectivity index (χ0v) is 32.1. The first-order chi connectivity index (χ1) is 24.6. The maximum atomic E-state index is 13.9. The molecular formula is C38H56N4O9S. The van der Waals surface area contributed by atoms with Crippen molar-refractivity contribution < 1.29 is 42.8 Å². The number of esters is 1. The second-order valence-electron chi connectivity index (χ2n) is 13.7. The van der Waals surface area contributed by atoms with Crippen molar-refractivity contribution in [2.24, 2.45) is 0 Å². The van der Waals surface area contributed by atoms with Crippen LogP contribution in [0.3, 0.4) is 0 Å². The molecule has 4 amide bonds. The SMILES string of the molecule is CCCCCCOC(=O)CCN(C)C(=O)[C@H](Cc1ccccc1)NC(=O)[C@@H](CCS(C)=O)NC(=O)[C@H](Cc1ccc(O)cc1)NC(=O)OC(C)(C)C. The number of benzene rings is 2. The molecule has 0 fully saturated rings. The van der Waals surface area contributed by atoms with Crippen LogP contribution in [0.25, 0.3) is 0 Å². The van der Waals surface area contributed by atoms with Gasteiger partial charge in [-0.3, -0.25) is 23.4 Å². The molecule has 0 saturated heterocycles. The molecule has 2 aromatic carbocycles. The van der Waals surface area contributed by atoms with E-state index in [0.717, 1.165) is 31.2 Å². The van der Waals surface area contributed by atoms with Gasteiger partial charge in [0.2, 0.25) is 17.7 Å². The van der Waals surface area contributed by atoms with Gasteiger partial charge in [-0.2, -0.15) is 0 Å². The number of phenols is 1. The number of phenolic OH excluding ortho intramolecular Hbond substituents is 1. The predicted octanol–water partition coefficient (Wildman–Crippen LogP) is 3.78. The summed E-state index contributed by atoms with van der Waals surface area (Å²) in [5.74, 6) is -2.17. The molecule has 52 heavy (non-hydrogen) atoms. The number of amides is 4. The Morgan fingerprint density at radius 3 is 2.04 bits per heavy atom. The molecule has 1 unspecified atom stereocenters. The number of alkyl carbamates (subject to hydrolysis) is 1. The Balaban J connectivity index is 2.26. The summed E-state index contributed by atoms with van der Waals surface area (Å²) in [5, 5.41) is 17.8. The van der Waals surface area contributed by atoms with Crippen LogP contribution in [0.4, 0.5) is 4.79 Å². The van der Waals surface area contributed by atoms with Gasteiger partial charge in [0.25, 0.3) is 0 Å². The number of rotatable bonds is 21. The first-order valence-corrected chi connectivity index (χ1v) is 19.4. The van der Waals surface area contributed by atoms with E-state index in [-0.39, 0.29) is 43.7 Å². The summed E-state index contributed by atoms with van der Waals surface area (Å²) in [5.41, 5.74) is 0.535. The molecule has 2 rings (SSSR count). The molecule has 13 nitrogen and oxygen atoms in total. The lowest BCUT2D eigenvalue weighted by atomic mass is 10.0. The molecular weight excluding hydrogens is 689 g/mol. The molecule has 0 radical (unpaired) electrons. The van der Waals surface area contributed by atoms with Gasteiger partial charge >= 0.3 is 12.1 Å². The fourth-order valence-corrected chi connectivity index (χ4v) is 5.66. The fraction of sp³-hybridized carbons (Fsp3) is 0.553. The highest BCUT2D eigenvalue weighted by Gasteiger charge is 2.32. The Morgan fingerprint density at radius 1 is 0.827 bits per heavy atom. The molecule has 4 atom stereocenters. The second kappa shape index (κ2) is 22.5. The summed E-state index contributed by atoms with van der Waals surface area (Å²) < 4.78 is 22.8. The molecule has 0 aliphatic heterocycles. The molecule has 4 N–H and O–H groups in total. The van der Waals surface area contributed by atoms with Gasteiger partial charge < -0.3 is 35.4 Å². The van der Waals surface area contributed by atoms with Crippen LogP contribution in [0.15, 0.2) is 54.6 Å². The number of nitrogens with zero attached hydrogens (tertiary/aromatic N) is 1. The fourth-order valence-electron chi connectivity index (χ4n) is 5.10. The van der Waals surface area contributed by atoms with Gasteiger partial charge in [0, 0.05) is 49.2 Å². The van der Waals surface area contributed by atoms with Crippen LogP contribution in [0, 0.1) is 0 Å². The molecule has 0 aliphatic rings. The van der Waals surface area contributed by atoms with Gasteiger partial charge in [-0.1, -0.05) is 68.7 Å². The lowest BCUT2D eigenvalue weighted by molar-refractivity contribution is -0.145. The highest BCUT2D eigenvalue weighted by atomic mass is 32.2. The Kier molecular flexibility index (Phi) is 18.9. The van der Waals surface area contributed by atoms with Crippen LogP contribution in [-0.2, 0) is 52.3 Å². The van der Waals surface area contributed by atoms with Crippen molar-refractivity contribution in [1.29, 1.82) is 0 Å². The van der Waals surface area contributed by atoms with E-state index in [4.69, 9.17) is 9.47 Å². The Morgan fingerprint density at radius 2 is 1.42 bits per heavy atom. The normalized spacial score (nSPS) is 13.5. The molecule has 0 spiro atoms. The van der Waals surface area contributed by atoms with Crippen LogP contribution in [-0.4, -0.2) is 99.9 Å². The van der Waals surface area contributed by atoms with Gasteiger partial charge in [-0.15, -0.1) is 0 Å². The van der Waals surface area contributed by atoms with E-state index >= 15 is 0 Å². The minimum Gasteiger partial charge on any atom is -0.508 e. The maximum Gasteiger partial charge on any atom is 0.408 e. The Labute approximate surface area is 310 Å². The summed E-state index contributed by atoms with van der Waals surface area (Å²) in [7, 11) is 0.220. The van der Waals surface area contributed by atoms with E-state index in [0.29, 0.717) is 12.2 Å². The van der Waals surface area contributed by atoms with Crippen molar-refractivity contribution >= 4 is 40.6 Å². The zero-order chi connectivity index (χ0) is 38.7. The van der Waals surface area contributed by atoms with Crippen molar-refractivity contribution in [3.63, 3.8) is 0 Å². The molecule has 14 heteroatoms. The van der Waals surface area contributed by atoms with Crippen LogP contribution in [0.5, 0.6) is 5.75 Å². The molecule has 288 valence electrons. The molecule has 0 aromatic heterocycles. The number of nitrogens with one attached hydrogen (secondary N) is 3. The largest absolute Gasteiger partial charge is 0.508 e. The third kappa shape index (κ3) is 17.7. The van der Waals surface area contributed by atoms with E-state index in [1.54, 1.807) is 32.9 Å². The smallest absolute Gasteiger partial charge is 0.408 e. The van der Waals surface area contributed by atoms with Crippen LogP contribution >= 0.6 is 0 Å². The molecule has 0 saturated carbocycles. The number of likely N-dealkylation sites (N-methyl/N-ethyl adjacent to an activating group) is 1. The van der Waals surface area contributed by atoms with Crippen molar-refractivity contribution in [2.45, 2.75) is 103 Å². The summed E-state index contributed by atoms with van der Waals surface area (Å²) >= 11 is 0. The van der Waals surface area contributed by atoms with Crippen LogP contribution < -0.4 is 16.0 Å². The average Bonchev–Trinajstić information content (AvgIpc) is 3.08. The average molecular weight is 745 g/mol. The topological polar surface area (TPSA) is 180 Å². The van der Waals surface area contributed by atoms with E-state index in [1.165, 1.54) is 30.3 Å². The van der Waals surface area contributed by atoms with E-state index < -0.39 is 64.3 Å². The summed E-state index contributed by atoms with van der Waals surface area (Å²) in [6.07, 6.45) is 4.59. The van der Waals surface area contributed by atoms with E-state index in [2.05, 4.69) is 22.9 Å². The number of unbranched alkanes of at least 4 members (excludes halogenated alkanes) is 3. The molecule has 2 aromatic rings. The third-order valence-corrected chi connectivity index (χ3v) is 8.71. The minimum atomic E-state index is -1.32. The zero-order valence-electron chi connectivity index (χ0n) is 31.3. The minimum absolute atomic E-state index is 0.000487. The monoisotopic (exact) mass is 744 g/mol. The van der Waals surface area contributed by atoms with Gasteiger partial charge in [0.1, 0.15) is 29.5 Å². The Hall–Kier alpha value is -4.46. The number of carbonyl (C=O) groups is 5. The van der Waals surface area contributed by atoms with Gasteiger partial charge in [-0.25, -0.2) is 4.79 Å². The van der Waals surface area contributed by atoms with Gasteiger partial charge in [0.15, 0.2) is 0 Å². The highest BCUT2D eigenvalue weighted by molar-refractivity contribution is 7.84. The lowest BCUT2D eigenvalue weighted by Crippen LogP contribution is -2.58. The second-order valence-corrected chi connectivity index (χ2v) is 15.3.